The minimum absolute atomic E-state index is 0.225. The van der Waals surface area contributed by atoms with Crippen LogP contribution in [-0.4, -0.2) is 52.3 Å². The number of aryl methyl sites for hydroxylation is 1. The maximum absolute atomic E-state index is 13.4. The molecule has 1 aliphatic rings. The van der Waals surface area contributed by atoms with Gasteiger partial charge in [0.25, 0.3) is 0 Å². The van der Waals surface area contributed by atoms with Crippen molar-refractivity contribution in [3.05, 3.63) is 53.5 Å². The van der Waals surface area contributed by atoms with Crippen molar-refractivity contribution in [1.29, 1.82) is 0 Å². The predicted octanol–water partition coefficient (Wildman–Crippen LogP) is 2.42. The molecule has 1 atom stereocenters. The highest BCUT2D eigenvalue weighted by Crippen LogP contribution is 2.26. The van der Waals surface area contributed by atoms with Crippen LogP contribution in [0.3, 0.4) is 0 Å². The van der Waals surface area contributed by atoms with Gasteiger partial charge in [-0.05, 0) is 36.8 Å². The van der Waals surface area contributed by atoms with E-state index in [1.54, 1.807) is 12.1 Å². The van der Waals surface area contributed by atoms with E-state index in [0.717, 1.165) is 16.6 Å². The largest absolute Gasteiger partial charge is 0.379 e. The van der Waals surface area contributed by atoms with Crippen LogP contribution in [0.2, 0.25) is 0 Å². The lowest BCUT2D eigenvalue weighted by Gasteiger charge is -2.33. The van der Waals surface area contributed by atoms with Gasteiger partial charge in [-0.2, -0.15) is 5.10 Å². The number of aromatic amines is 1. The average molecular weight is 369 g/mol. The van der Waals surface area contributed by atoms with Crippen LogP contribution >= 0.6 is 0 Å². The number of hydrogen-bond acceptors (Lipinski definition) is 5. The van der Waals surface area contributed by atoms with Gasteiger partial charge in [0.1, 0.15) is 11.9 Å². The molecule has 0 unspecified atom stereocenters. The van der Waals surface area contributed by atoms with Crippen LogP contribution in [0.4, 0.5) is 10.2 Å². The molecule has 1 fully saturated rings. The van der Waals surface area contributed by atoms with Gasteiger partial charge in [-0.3, -0.25) is 14.8 Å². The van der Waals surface area contributed by atoms with Gasteiger partial charge < -0.3 is 10.1 Å². The van der Waals surface area contributed by atoms with Gasteiger partial charge in [0, 0.05) is 18.8 Å². The topological polar surface area (TPSA) is 83.1 Å². The standard InChI is InChI=1S/C19H20FN5O2/c1-12-2-7-15-17(21-12)23-24-18(15)22-19(26)16(25-8-10-27-11-9-25)13-3-5-14(20)6-4-13/h2-7,16H,8-11H2,1H3,(H2,21,22,23,24,26)/t16-/m1/s1. The summed E-state index contributed by atoms with van der Waals surface area (Å²) in [5.74, 6) is -0.125. The number of carbonyl (C=O) groups is 1. The molecule has 1 aromatic carbocycles. The van der Waals surface area contributed by atoms with Crippen molar-refractivity contribution in [3.8, 4) is 0 Å². The molecule has 1 amide bonds. The molecule has 7 nitrogen and oxygen atoms in total. The summed E-state index contributed by atoms with van der Waals surface area (Å²) in [7, 11) is 0. The van der Waals surface area contributed by atoms with Gasteiger partial charge in [0.05, 0.1) is 18.6 Å². The van der Waals surface area contributed by atoms with Crippen molar-refractivity contribution in [1.82, 2.24) is 20.1 Å². The Morgan fingerprint density at radius 1 is 1.22 bits per heavy atom. The Kier molecular flexibility index (Phi) is 4.83. The first-order valence-electron chi connectivity index (χ1n) is 8.81. The van der Waals surface area contributed by atoms with E-state index >= 15 is 0 Å². The molecule has 0 radical (unpaired) electrons. The van der Waals surface area contributed by atoms with Gasteiger partial charge in [-0.25, -0.2) is 9.37 Å². The highest BCUT2D eigenvalue weighted by atomic mass is 19.1. The molecule has 3 aromatic rings. The van der Waals surface area contributed by atoms with E-state index in [2.05, 4.69) is 20.5 Å². The van der Waals surface area contributed by atoms with Crippen molar-refractivity contribution in [3.63, 3.8) is 0 Å². The number of aromatic nitrogens is 3. The Morgan fingerprint density at radius 3 is 2.70 bits per heavy atom. The molecule has 2 aromatic heterocycles. The van der Waals surface area contributed by atoms with Crippen LogP contribution in [0.15, 0.2) is 36.4 Å². The molecule has 8 heteroatoms. The number of fused-ring (bicyclic) bond motifs is 1. The monoisotopic (exact) mass is 369 g/mol. The number of halogens is 1. The van der Waals surface area contributed by atoms with E-state index in [4.69, 9.17) is 4.74 Å². The van der Waals surface area contributed by atoms with Gasteiger partial charge in [-0.15, -0.1) is 0 Å². The molecule has 27 heavy (non-hydrogen) atoms. The van der Waals surface area contributed by atoms with Crippen molar-refractivity contribution < 1.29 is 13.9 Å². The minimum Gasteiger partial charge on any atom is -0.379 e. The summed E-state index contributed by atoms with van der Waals surface area (Å²) >= 11 is 0. The molecular weight excluding hydrogens is 349 g/mol. The zero-order valence-electron chi connectivity index (χ0n) is 14.9. The number of anilines is 1. The summed E-state index contributed by atoms with van der Waals surface area (Å²) in [6.45, 7) is 4.25. The number of amides is 1. The molecule has 140 valence electrons. The normalized spacial score (nSPS) is 16.4. The molecule has 1 saturated heterocycles. The molecule has 0 saturated carbocycles. The van der Waals surface area contributed by atoms with E-state index < -0.39 is 6.04 Å². The first kappa shape index (κ1) is 17.6. The first-order valence-corrected chi connectivity index (χ1v) is 8.81. The Balaban J connectivity index is 1.64. The van der Waals surface area contributed by atoms with Crippen LogP contribution in [0.25, 0.3) is 11.0 Å². The second-order valence-corrected chi connectivity index (χ2v) is 6.51. The Hall–Kier alpha value is -2.84. The van der Waals surface area contributed by atoms with Crippen molar-refractivity contribution in [2.45, 2.75) is 13.0 Å². The third kappa shape index (κ3) is 3.67. The molecule has 0 bridgehead atoms. The van der Waals surface area contributed by atoms with Crippen LogP contribution < -0.4 is 5.32 Å². The highest BCUT2D eigenvalue weighted by Gasteiger charge is 2.30. The number of hydrogen-bond donors (Lipinski definition) is 2. The highest BCUT2D eigenvalue weighted by molar-refractivity contribution is 6.01. The summed E-state index contributed by atoms with van der Waals surface area (Å²) in [6, 6.07) is 9.20. The van der Waals surface area contributed by atoms with Crippen molar-refractivity contribution in [2.24, 2.45) is 0 Å². The third-order valence-electron chi connectivity index (χ3n) is 4.65. The molecule has 4 rings (SSSR count). The van der Waals surface area contributed by atoms with Gasteiger partial charge in [0.2, 0.25) is 5.91 Å². The van der Waals surface area contributed by atoms with Crippen LogP contribution in [0, 0.1) is 12.7 Å². The summed E-state index contributed by atoms with van der Waals surface area (Å²) in [5.41, 5.74) is 2.21. The second-order valence-electron chi connectivity index (χ2n) is 6.51. The molecule has 0 aliphatic carbocycles. The fourth-order valence-electron chi connectivity index (χ4n) is 3.29. The lowest BCUT2D eigenvalue weighted by molar-refractivity contribution is -0.123. The zero-order chi connectivity index (χ0) is 18.8. The number of carbonyl (C=O) groups excluding carboxylic acids is 1. The number of H-pyrrole nitrogens is 1. The summed E-state index contributed by atoms with van der Waals surface area (Å²) in [5, 5.41) is 10.7. The number of pyridine rings is 1. The van der Waals surface area contributed by atoms with E-state index in [1.165, 1.54) is 12.1 Å². The van der Waals surface area contributed by atoms with E-state index in [9.17, 15) is 9.18 Å². The first-order chi connectivity index (χ1) is 13.1. The quantitative estimate of drug-likeness (QED) is 0.738. The number of nitrogens with one attached hydrogen (secondary N) is 2. The number of morpholine rings is 1. The molecule has 0 spiro atoms. The molecule has 2 N–H and O–H groups in total. The minimum atomic E-state index is -0.556. The fourth-order valence-corrected chi connectivity index (χ4v) is 3.29. The van der Waals surface area contributed by atoms with Crippen molar-refractivity contribution in [2.75, 3.05) is 31.6 Å². The Labute approximate surface area is 155 Å². The summed E-state index contributed by atoms with van der Waals surface area (Å²) in [6.07, 6.45) is 0. The summed E-state index contributed by atoms with van der Waals surface area (Å²) in [4.78, 5) is 19.5. The molecular formula is C19H20FN5O2. The van der Waals surface area contributed by atoms with Crippen molar-refractivity contribution >= 4 is 22.8 Å². The van der Waals surface area contributed by atoms with Crippen LogP contribution in [-0.2, 0) is 9.53 Å². The predicted molar refractivity (Wildman–Crippen MR) is 98.8 cm³/mol. The van der Waals surface area contributed by atoms with Crippen LogP contribution in [0.5, 0.6) is 0 Å². The molecule has 3 heterocycles. The third-order valence-corrected chi connectivity index (χ3v) is 4.65. The SMILES string of the molecule is Cc1ccc2c(NC(=O)[C@@H](c3ccc(F)cc3)N3CCOCC3)n[nH]c2n1. The van der Waals surface area contributed by atoms with Gasteiger partial charge in [0.15, 0.2) is 11.5 Å². The number of nitrogens with zero attached hydrogens (tertiary/aromatic N) is 3. The zero-order valence-corrected chi connectivity index (χ0v) is 14.9. The Bertz CT molecular complexity index is 950. The average Bonchev–Trinajstić information content (AvgIpc) is 3.06. The smallest absolute Gasteiger partial charge is 0.247 e. The van der Waals surface area contributed by atoms with Gasteiger partial charge in [-0.1, -0.05) is 12.1 Å². The maximum Gasteiger partial charge on any atom is 0.247 e. The Morgan fingerprint density at radius 2 is 1.96 bits per heavy atom. The van der Waals surface area contributed by atoms with Crippen LogP contribution in [0.1, 0.15) is 17.3 Å². The lowest BCUT2D eigenvalue weighted by Crippen LogP contribution is -2.44. The summed E-state index contributed by atoms with van der Waals surface area (Å²) < 4.78 is 18.8. The molecule has 1 aliphatic heterocycles. The number of benzene rings is 1. The van der Waals surface area contributed by atoms with E-state index in [-0.39, 0.29) is 11.7 Å². The van der Waals surface area contributed by atoms with E-state index in [0.29, 0.717) is 37.8 Å². The van der Waals surface area contributed by atoms with E-state index in [1.807, 2.05) is 24.0 Å². The fraction of sp³-hybridized carbons (Fsp3) is 0.316. The second kappa shape index (κ2) is 7.42. The van der Waals surface area contributed by atoms with Gasteiger partial charge >= 0.3 is 0 Å². The number of ether oxygens (including phenoxy) is 1. The maximum atomic E-state index is 13.4. The number of rotatable bonds is 4. The lowest BCUT2D eigenvalue weighted by atomic mass is 10.0.